The van der Waals surface area contributed by atoms with Gasteiger partial charge in [0, 0.05) is 24.6 Å². The van der Waals surface area contributed by atoms with Crippen LogP contribution in [0.15, 0.2) is 30.6 Å². The van der Waals surface area contributed by atoms with E-state index in [-0.39, 0.29) is 11.9 Å². The van der Waals surface area contributed by atoms with Crippen LogP contribution in [0.5, 0.6) is 5.75 Å². The van der Waals surface area contributed by atoms with E-state index in [0.29, 0.717) is 24.6 Å². The molecule has 0 aliphatic carbocycles. The van der Waals surface area contributed by atoms with Crippen molar-refractivity contribution in [2.75, 3.05) is 13.2 Å². The van der Waals surface area contributed by atoms with Crippen LogP contribution in [0, 0.1) is 5.82 Å². The smallest absolute Gasteiger partial charge is 0.165 e. The highest BCUT2D eigenvalue weighted by Crippen LogP contribution is 2.24. The number of halogens is 1. The van der Waals surface area contributed by atoms with Gasteiger partial charge in [-0.3, -0.25) is 0 Å². The molecule has 0 spiro atoms. The lowest BCUT2D eigenvalue weighted by Gasteiger charge is -2.15. The van der Waals surface area contributed by atoms with Gasteiger partial charge in [0.25, 0.3) is 0 Å². The van der Waals surface area contributed by atoms with Crippen LogP contribution >= 0.6 is 0 Å². The van der Waals surface area contributed by atoms with Gasteiger partial charge in [0.1, 0.15) is 6.61 Å². The maximum Gasteiger partial charge on any atom is 0.165 e. The molecule has 0 saturated heterocycles. The zero-order valence-electron chi connectivity index (χ0n) is 22.4. The van der Waals surface area contributed by atoms with Crippen molar-refractivity contribution < 1.29 is 13.9 Å². The highest BCUT2D eigenvalue weighted by molar-refractivity contribution is 5.56. The van der Waals surface area contributed by atoms with Gasteiger partial charge in [0.15, 0.2) is 17.4 Å². The molecule has 1 aromatic heterocycles. The first-order valence-electron chi connectivity index (χ1n) is 14.0. The molecule has 2 rings (SSSR count). The summed E-state index contributed by atoms with van der Waals surface area (Å²) in [6, 6.07) is 4.90. The summed E-state index contributed by atoms with van der Waals surface area (Å²) < 4.78 is 25.9. The summed E-state index contributed by atoms with van der Waals surface area (Å²) >= 11 is 0. The molecule has 0 amide bonds. The van der Waals surface area contributed by atoms with Crippen LogP contribution in [0.3, 0.4) is 0 Å². The first kappa shape index (κ1) is 29.2. The van der Waals surface area contributed by atoms with Crippen molar-refractivity contribution >= 4 is 0 Å². The molecule has 196 valence electrons. The topological polar surface area (TPSA) is 44.2 Å². The average molecular weight is 487 g/mol. The molecule has 1 unspecified atom stereocenters. The molecular weight excluding hydrogens is 439 g/mol. The second-order valence-corrected chi connectivity index (χ2v) is 9.69. The third-order valence-electron chi connectivity index (χ3n) is 6.34. The molecule has 2 aromatic rings. The third-order valence-corrected chi connectivity index (χ3v) is 6.34. The van der Waals surface area contributed by atoms with Crippen molar-refractivity contribution in [3.63, 3.8) is 0 Å². The largest absolute Gasteiger partial charge is 0.488 e. The van der Waals surface area contributed by atoms with Crippen molar-refractivity contribution in [3.05, 3.63) is 42.0 Å². The summed E-state index contributed by atoms with van der Waals surface area (Å²) in [4.78, 5) is 8.94. The van der Waals surface area contributed by atoms with Crippen LogP contribution < -0.4 is 4.74 Å². The predicted molar refractivity (Wildman–Crippen MR) is 143 cm³/mol. The summed E-state index contributed by atoms with van der Waals surface area (Å²) in [7, 11) is 0. The van der Waals surface area contributed by atoms with E-state index in [1.807, 2.05) is 25.4 Å². The molecule has 1 atom stereocenters. The van der Waals surface area contributed by atoms with Gasteiger partial charge < -0.3 is 9.47 Å². The van der Waals surface area contributed by atoms with E-state index in [4.69, 9.17) is 9.47 Å². The Balaban J connectivity index is 1.68. The van der Waals surface area contributed by atoms with E-state index in [1.54, 1.807) is 6.07 Å². The van der Waals surface area contributed by atoms with Gasteiger partial charge in [0.2, 0.25) is 0 Å². The molecule has 0 bridgehead atoms. The molecule has 5 heteroatoms. The quantitative estimate of drug-likeness (QED) is 0.176. The standard InChI is InChI=1S/C30H47FN2O2/c1-4-6-8-9-10-11-12-13-14-15-17-26-22-32-30(33-23-26)27-18-19-29(28(31)21-27)35-24-25(3)34-20-16-7-5-2/h18-19,21-23,25H,4-17,20,24H2,1-3H3. The molecule has 0 N–H and O–H groups in total. The Bertz CT molecular complexity index is 797. The molecule has 1 heterocycles. The SMILES string of the molecule is CCCCCCCCCCCCc1cnc(-c2ccc(OCC(C)OCCCCC)c(F)c2)nc1. The van der Waals surface area contributed by atoms with Gasteiger partial charge in [-0.05, 0) is 49.9 Å². The van der Waals surface area contributed by atoms with Crippen molar-refractivity contribution in [2.45, 2.75) is 117 Å². The number of ether oxygens (including phenoxy) is 2. The summed E-state index contributed by atoms with van der Waals surface area (Å²) in [6.45, 7) is 7.42. The van der Waals surface area contributed by atoms with Crippen molar-refractivity contribution in [1.29, 1.82) is 0 Å². The minimum atomic E-state index is -0.404. The van der Waals surface area contributed by atoms with E-state index < -0.39 is 5.82 Å². The van der Waals surface area contributed by atoms with E-state index in [1.165, 1.54) is 70.3 Å². The summed E-state index contributed by atoms with van der Waals surface area (Å²) in [5.74, 6) is 0.365. The molecule has 0 radical (unpaired) electrons. The fourth-order valence-corrected chi connectivity index (χ4v) is 4.10. The maximum atomic E-state index is 14.6. The summed E-state index contributed by atoms with van der Waals surface area (Å²) in [5, 5.41) is 0. The van der Waals surface area contributed by atoms with E-state index in [9.17, 15) is 4.39 Å². The number of hydrogen-bond donors (Lipinski definition) is 0. The monoisotopic (exact) mass is 486 g/mol. The Morgan fingerprint density at radius 1 is 0.800 bits per heavy atom. The zero-order valence-corrected chi connectivity index (χ0v) is 22.4. The van der Waals surface area contributed by atoms with Crippen molar-refractivity contribution in [1.82, 2.24) is 9.97 Å². The van der Waals surface area contributed by atoms with Gasteiger partial charge >= 0.3 is 0 Å². The summed E-state index contributed by atoms with van der Waals surface area (Å²) in [6.07, 6.45) is 21.3. The van der Waals surface area contributed by atoms with Crippen LogP contribution in [-0.2, 0) is 11.2 Å². The lowest BCUT2D eigenvalue weighted by molar-refractivity contribution is 0.0294. The number of nitrogens with zero attached hydrogens (tertiary/aromatic N) is 2. The van der Waals surface area contributed by atoms with Crippen LogP contribution in [0.2, 0.25) is 0 Å². The maximum absolute atomic E-state index is 14.6. The molecule has 0 fully saturated rings. The van der Waals surface area contributed by atoms with Crippen molar-refractivity contribution in [2.24, 2.45) is 0 Å². The molecular formula is C30H47FN2O2. The second-order valence-electron chi connectivity index (χ2n) is 9.69. The molecule has 1 aromatic carbocycles. The Morgan fingerprint density at radius 2 is 1.40 bits per heavy atom. The predicted octanol–water partition coefficient (Wildman–Crippen LogP) is 8.72. The first-order valence-corrected chi connectivity index (χ1v) is 14.0. The molecule has 4 nitrogen and oxygen atoms in total. The van der Waals surface area contributed by atoms with Gasteiger partial charge in [-0.15, -0.1) is 0 Å². The number of benzene rings is 1. The lowest BCUT2D eigenvalue weighted by atomic mass is 10.0. The van der Waals surface area contributed by atoms with E-state index >= 15 is 0 Å². The Labute approximate surface area is 213 Å². The second kappa shape index (κ2) is 18.3. The van der Waals surface area contributed by atoms with Crippen LogP contribution in [0.25, 0.3) is 11.4 Å². The van der Waals surface area contributed by atoms with Crippen LogP contribution in [0.4, 0.5) is 4.39 Å². The normalized spacial score (nSPS) is 12.1. The number of aromatic nitrogens is 2. The zero-order chi connectivity index (χ0) is 25.1. The van der Waals surface area contributed by atoms with Gasteiger partial charge in [-0.2, -0.15) is 0 Å². The number of aryl methyl sites for hydroxylation is 1. The molecule has 0 saturated carbocycles. The van der Waals surface area contributed by atoms with Crippen LogP contribution in [-0.4, -0.2) is 29.3 Å². The number of rotatable bonds is 20. The van der Waals surface area contributed by atoms with Gasteiger partial charge in [-0.25, -0.2) is 14.4 Å². The van der Waals surface area contributed by atoms with Crippen LogP contribution in [0.1, 0.15) is 110 Å². The Hall–Kier alpha value is -2.01. The fourth-order valence-electron chi connectivity index (χ4n) is 4.10. The molecule has 35 heavy (non-hydrogen) atoms. The molecule has 0 aliphatic rings. The number of hydrogen-bond acceptors (Lipinski definition) is 4. The minimum absolute atomic E-state index is 0.0719. The summed E-state index contributed by atoms with van der Waals surface area (Å²) in [5.41, 5.74) is 1.80. The molecule has 0 aliphatic heterocycles. The average Bonchev–Trinajstić information content (AvgIpc) is 2.87. The lowest BCUT2D eigenvalue weighted by Crippen LogP contribution is -2.19. The minimum Gasteiger partial charge on any atom is -0.488 e. The van der Waals surface area contributed by atoms with Crippen molar-refractivity contribution in [3.8, 4) is 17.1 Å². The van der Waals surface area contributed by atoms with E-state index in [2.05, 4.69) is 23.8 Å². The van der Waals surface area contributed by atoms with Gasteiger partial charge in [0.05, 0.1) is 6.10 Å². The Morgan fingerprint density at radius 3 is 2.03 bits per heavy atom. The Kier molecular flexibility index (Phi) is 15.3. The number of unbranched alkanes of at least 4 members (excludes halogenated alkanes) is 11. The van der Waals surface area contributed by atoms with E-state index in [0.717, 1.165) is 31.2 Å². The van der Waals surface area contributed by atoms with Gasteiger partial charge in [-0.1, -0.05) is 84.5 Å². The highest BCUT2D eigenvalue weighted by Gasteiger charge is 2.10. The third kappa shape index (κ3) is 12.5. The fraction of sp³-hybridized carbons (Fsp3) is 0.667. The highest BCUT2D eigenvalue weighted by atomic mass is 19.1. The first-order chi connectivity index (χ1) is 17.1.